The highest BCUT2D eigenvalue weighted by Crippen LogP contribution is 2.28. The summed E-state index contributed by atoms with van der Waals surface area (Å²) < 4.78 is 37.2. The topological polar surface area (TPSA) is 56.0 Å². The molecule has 3 nitrogen and oxygen atoms in total. The minimum Gasteiger partial charge on any atom is -0.366 e. The fourth-order valence-corrected chi connectivity index (χ4v) is 1.70. The van der Waals surface area contributed by atoms with E-state index < -0.39 is 23.8 Å². The molecule has 1 aromatic heterocycles. The molecule has 1 heterocycles. The maximum atomic E-state index is 12.8. The number of carbonyl (C=O) groups excluding carboxylic acids is 1. The normalized spacial score (nSPS) is 10.6. The van der Waals surface area contributed by atoms with Crippen LogP contribution in [0.5, 0.6) is 0 Å². The van der Waals surface area contributed by atoms with Crippen LogP contribution in [0.15, 0.2) is 6.20 Å². The zero-order valence-corrected chi connectivity index (χ0v) is 8.76. The van der Waals surface area contributed by atoms with E-state index in [-0.39, 0.29) is 9.13 Å². The average Bonchev–Trinajstić information content (AvgIpc) is 2.02. The van der Waals surface area contributed by atoms with E-state index in [9.17, 15) is 18.0 Å². The summed E-state index contributed by atoms with van der Waals surface area (Å²) in [6.45, 7) is 0. The lowest BCUT2D eigenvalue weighted by atomic mass is 10.2. The van der Waals surface area contributed by atoms with E-state index >= 15 is 0 Å². The Bertz CT molecular complexity index is 383. The van der Waals surface area contributed by atoms with Crippen LogP contribution in [0, 0.1) is 9.52 Å². The van der Waals surface area contributed by atoms with Crippen molar-refractivity contribution < 1.29 is 18.0 Å². The van der Waals surface area contributed by atoms with Gasteiger partial charge in [-0.05, 0) is 22.6 Å². The number of amides is 1. The molecule has 0 saturated heterocycles. The third-order valence-electron chi connectivity index (χ3n) is 1.49. The first-order chi connectivity index (χ1) is 6.45. The number of aromatic nitrogens is 1. The third kappa shape index (κ3) is 1.97. The number of primary amides is 1. The van der Waals surface area contributed by atoms with Crippen molar-refractivity contribution >= 4 is 28.5 Å². The van der Waals surface area contributed by atoms with Crippen molar-refractivity contribution in [1.29, 1.82) is 0 Å². The van der Waals surface area contributed by atoms with E-state index in [1.807, 2.05) is 0 Å². The van der Waals surface area contributed by atoms with E-state index in [2.05, 4.69) is 4.98 Å². The monoisotopic (exact) mass is 316 g/mol. The summed E-state index contributed by atoms with van der Waals surface area (Å²) in [5.41, 5.74) is 3.79. The largest absolute Gasteiger partial charge is 0.366 e. The highest BCUT2D eigenvalue weighted by Gasteiger charge is 2.22. The molecule has 0 atom stereocenters. The Hall–Kier alpha value is -0.860. The van der Waals surface area contributed by atoms with E-state index in [1.165, 1.54) is 22.6 Å². The fraction of sp³-hybridized carbons (Fsp3) is 0.143. The van der Waals surface area contributed by atoms with Crippen LogP contribution in [-0.2, 0) is 0 Å². The van der Waals surface area contributed by atoms with Gasteiger partial charge < -0.3 is 5.73 Å². The van der Waals surface area contributed by atoms with Gasteiger partial charge in [0.2, 0.25) is 5.95 Å². The molecule has 0 saturated carbocycles. The number of hydrogen-bond donors (Lipinski definition) is 1. The molecule has 2 N–H and O–H groups in total. The van der Waals surface area contributed by atoms with Crippen LogP contribution in [0.1, 0.15) is 22.3 Å². The van der Waals surface area contributed by atoms with Gasteiger partial charge in [-0.25, -0.2) is 13.8 Å². The number of halogens is 4. The van der Waals surface area contributed by atoms with Gasteiger partial charge in [-0.2, -0.15) is 4.39 Å². The molecule has 1 amide bonds. The summed E-state index contributed by atoms with van der Waals surface area (Å²) in [7, 11) is 0. The van der Waals surface area contributed by atoms with Gasteiger partial charge >= 0.3 is 0 Å². The highest BCUT2D eigenvalue weighted by molar-refractivity contribution is 14.1. The molecule has 7 heteroatoms. The number of nitrogens with zero attached hydrogens (tertiary/aromatic N) is 1. The van der Waals surface area contributed by atoms with Crippen molar-refractivity contribution in [3.05, 3.63) is 26.8 Å². The quantitative estimate of drug-likeness (QED) is 0.669. The molecule has 14 heavy (non-hydrogen) atoms. The fourth-order valence-electron chi connectivity index (χ4n) is 0.841. The second-order valence-corrected chi connectivity index (χ2v) is 3.43. The van der Waals surface area contributed by atoms with E-state index in [1.54, 1.807) is 0 Å². The van der Waals surface area contributed by atoms with Crippen LogP contribution < -0.4 is 5.73 Å². The summed E-state index contributed by atoms with van der Waals surface area (Å²) in [5, 5.41) is 0. The molecule has 76 valence electrons. The zero-order chi connectivity index (χ0) is 10.9. The maximum Gasteiger partial charge on any atom is 0.269 e. The molecule has 0 aliphatic heterocycles. The Balaban J connectivity index is 3.41. The van der Waals surface area contributed by atoms with Crippen LogP contribution in [-0.4, -0.2) is 10.9 Å². The van der Waals surface area contributed by atoms with Crippen molar-refractivity contribution in [1.82, 2.24) is 4.98 Å². The minimum absolute atomic E-state index is 0.197. The highest BCUT2D eigenvalue weighted by atomic mass is 127. The summed E-state index contributed by atoms with van der Waals surface area (Å²) in [6, 6.07) is 0. The second-order valence-electron chi connectivity index (χ2n) is 2.36. The zero-order valence-electron chi connectivity index (χ0n) is 6.60. The number of rotatable bonds is 2. The number of alkyl halides is 2. The molecular weight excluding hydrogens is 312 g/mol. The van der Waals surface area contributed by atoms with Crippen molar-refractivity contribution in [2.45, 2.75) is 6.43 Å². The van der Waals surface area contributed by atoms with E-state index in [0.717, 1.165) is 6.20 Å². The van der Waals surface area contributed by atoms with Crippen LogP contribution in [0.2, 0.25) is 0 Å². The molecule has 0 aliphatic carbocycles. The Morgan fingerprint density at radius 3 is 2.57 bits per heavy atom. The summed E-state index contributed by atoms with van der Waals surface area (Å²) in [6.07, 6.45) is -2.18. The smallest absolute Gasteiger partial charge is 0.269 e. The molecule has 0 fully saturated rings. The number of nitrogens with two attached hydrogens (primary N) is 1. The predicted molar refractivity (Wildman–Crippen MR) is 50.4 cm³/mol. The molecule has 1 rings (SSSR count). The number of hydrogen-bond acceptors (Lipinski definition) is 2. The van der Waals surface area contributed by atoms with Crippen molar-refractivity contribution in [3.63, 3.8) is 0 Å². The first-order valence-corrected chi connectivity index (χ1v) is 4.45. The number of carbonyl (C=O) groups is 1. The Kier molecular flexibility index (Phi) is 3.29. The van der Waals surface area contributed by atoms with Gasteiger partial charge in [-0.15, -0.1) is 0 Å². The molecule has 0 radical (unpaired) electrons. The van der Waals surface area contributed by atoms with Crippen LogP contribution >= 0.6 is 22.6 Å². The molecule has 0 aliphatic rings. The Morgan fingerprint density at radius 1 is 1.57 bits per heavy atom. The SMILES string of the molecule is NC(=O)c1cnc(F)c(C(F)F)c1I. The molecule has 0 spiro atoms. The van der Waals surface area contributed by atoms with Gasteiger partial charge in [0.1, 0.15) is 0 Å². The third-order valence-corrected chi connectivity index (χ3v) is 2.65. The van der Waals surface area contributed by atoms with Crippen LogP contribution in [0.4, 0.5) is 13.2 Å². The van der Waals surface area contributed by atoms with Crippen molar-refractivity contribution in [2.75, 3.05) is 0 Å². The van der Waals surface area contributed by atoms with Gasteiger partial charge in [0.15, 0.2) is 0 Å². The molecule has 0 bridgehead atoms. The maximum absolute atomic E-state index is 12.8. The van der Waals surface area contributed by atoms with E-state index in [0.29, 0.717) is 0 Å². The predicted octanol–water partition coefficient (Wildman–Crippen LogP) is 1.86. The molecular formula is C7H4F3IN2O. The lowest BCUT2D eigenvalue weighted by Gasteiger charge is -2.06. The van der Waals surface area contributed by atoms with Gasteiger partial charge in [-0.3, -0.25) is 4.79 Å². The van der Waals surface area contributed by atoms with Crippen molar-refractivity contribution in [3.8, 4) is 0 Å². The molecule has 1 aromatic rings. The van der Waals surface area contributed by atoms with Crippen LogP contribution in [0.25, 0.3) is 0 Å². The van der Waals surface area contributed by atoms with E-state index in [4.69, 9.17) is 5.73 Å². The number of pyridine rings is 1. The van der Waals surface area contributed by atoms with Gasteiger partial charge in [-0.1, -0.05) is 0 Å². The van der Waals surface area contributed by atoms with Crippen molar-refractivity contribution in [2.24, 2.45) is 5.73 Å². The molecule has 0 aromatic carbocycles. The standard InChI is InChI=1S/C7H4F3IN2O/c8-5(9)3-4(11)2(7(12)14)1-13-6(3)10/h1,5H,(H2,12,14). The Morgan fingerprint density at radius 2 is 2.14 bits per heavy atom. The lowest BCUT2D eigenvalue weighted by molar-refractivity contribution is 0.0998. The second kappa shape index (κ2) is 4.11. The van der Waals surface area contributed by atoms with Gasteiger partial charge in [0.05, 0.1) is 11.1 Å². The summed E-state index contributed by atoms with van der Waals surface area (Å²) in [5.74, 6) is -2.20. The first-order valence-electron chi connectivity index (χ1n) is 3.37. The summed E-state index contributed by atoms with van der Waals surface area (Å²) in [4.78, 5) is 13.7. The van der Waals surface area contributed by atoms with Crippen LogP contribution in [0.3, 0.4) is 0 Å². The van der Waals surface area contributed by atoms with Gasteiger partial charge in [0, 0.05) is 9.77 Å². The lowest BCUT2D eigenvalue weighted by Crippen LogP contribution is -2.15. The first kappa shape index (κ1) is 11.2. The minimum atomic E-state index is -3.02. The Labute approximate surface area is 90.6 Å². The summed E-state index contributed by atoms with van der Waals surface area (Å²) >= 11 is 1.44. The average molecular weight is 316 g/mol. The van der Waals surface area contributed by atoms with Gasteiger partial charge in [0.25, 0.3) is 12.3 Å². The molecule has 0 unspecified atom stereocenters.